The lowest BCUT2D eigenvalue weighted by atomic mass is 9.78. The first-order valence-electron chi connectivity index (χ1n) is 9.06. The number of hydrazine groups is 1. The van der Waals surface area contributed by atoms with E-state index in [2.05, 4.69) is 30.0 Å². The van der Waals surface area contributed by atoms with Crippen LogP contribution in [0.5, 0.6) is 11.5 Å². The van der Waals surface area contributed by atoms with Gasteiger partial charge < -0.3 is 14.8 Å². The molecule has 0 radical (unpaired) electrons. The number of aldehydes is 1. The molecule has 1 aromatic carbocycles. The lowest BCUT2D eigenvalue weighted by molar-refractivity contribution is -0.123. The third-order valence-corrected chi connectivity index (χ3v) is 5.24. The van der Waals surface area contributed by atoms with Crippen LogP contribution >= 0.6 is 12.2 Å². The van der Waals surface area contributed by atoms with Crippen molar-refractivity contribution in [1.82, 2.24) is 16.2 Å². The average Bonchev–Trinajstić information content (AvgIpc) is 2.68. The number of thiocarbonyl (C=S) groups is 1. The van der Waals surface area contributed by atoms with Crippen LogP contribution in [0.4, 0.5) is 0 Å². The molecule has 7 nitrogen and oxygen atoms in total. The van der Waals surface area contributed by atoms with Crippen molar-refractivity contribution >= 4 is 29.5 Å². The SMILES string of the molecule is COc1cc(C=O)ccc1OCC(=O)NNC(=S)N[C@@H]1CCC[C@@H](C)[C@H]1C. The van der Waals surface area contributed by atoms with E-state index in [-0.39, 0.29) is 12.5 Å². The second kappa shape index (κ2) is 10.1. The summed E-state index contributed by atoms with van der Waals surface area (Å²) in [5.41, 5.74) is 5.69. The fraction of sp³-hybridized carbons (Fsp3) is 0.526. The van der Waals surface area contributed by atoms with E-state index >= 15 is 0 Å². The standard InChI is InChI=1S/C19H27N3O4S/c1-12-5-4-6-15(13(12)2)20-19(27)22-21-18(24)11-26-16-8-7-14(10-23)9-17(16)25-3/h7-10,12-13,15H,4-6,11H2,1-3H3,(H,21,24)(H2,20,22,27)/t12-,13-,15-/m1/s1. The van der Waals surface area contributed by atoms with Gasteiger partial charge in [-0.15, -0.1) is 0 Å². The van der Waals surface area contributed by atoms with Crippen LogP contribution in [0.2, 0.25) is 0 Å². The molecule has 1 saturated carbocycles. The number of nitrogens with one attached hydrogen (secondary N) is 3. The molecule has 0 heterocycles. The number of ether oxygens (including phenoxy) is 2. The Bertz CT molecular complexity index is 683. The highest BCUT2D eigenvalue weighted by molar-refractivity contribution is 7.80. The summed E-state index contributed by atoms with van der Waals surface area (Å²) in [6.07, 6.45) is 4.20. The molecule has 3 N–H and O–H groups in total. The second-order valence-electron chi connectivity index (χ2n) is 6.84. The Hall–Kier alpha value is -2.35. The highest BCUT2D eigenvalue weighted by Crippen LogP contribution is 2.29. The van der Waals surface area contributed by atoms with Crippen LogP contribution in [0.3, 0.4) is 0 Å². The molecule has 0 aromatic heterocycles. The first-order chi connectivity index (χ1) is 12.9. The van der Waals surface area contributed by atoms with Crippen molar-refractivity contribution in [3.05, 3.63) is 23.8 Å². The second-order valence-corrected chi connectivity index (χ2v) is 7.25. The van der Waals surface area contributed by atoms with E-state index in [1.807, 2.05) is 0 Å². The van der Waals surface area contributed by atoms with Crippen molar-refractivity contribution in [2.75, 3.05) is 13.7 Å². The first-order valence-corrected chi connectivity index (χ1v) is 9.46. The smallest absolute Gasteiger partial charge is 0.276 e. The van der Waals surface area contributed by atoms with E-state index < -0.39 is 0 Å². The molecule has 1 aliphatic rings. The van der Waals surface area contributed by atoms with Crippen LogP contribution in [0.15, 0.2) is 18.2 Å². The summed E-state index contributed by atoms with van der Waals surface area (Å²) >= 11 is 5.26. The molecule has 1 aliphatic carbocycles. The molecule has 0 aliphatic heterocycles. The number of rotatable bonds is 6. The molecule has 0 saturated heterocycles. The number of hydrogen-bond acceptors (Lipinski definition) is 5. The van der Waals surface area contributed by atoms with Gasteiger partial charge in [-0.05, 0) is 48.7 Å². The van der Waals surface area contributed by atoms with Crippen molar-refractivity contribution < 1.29 is 19.1 Å². The zero-order chi connectivity index (χ0) is 19.8. The van der Waals surface area contributed by atoms with Gasteiger partial charge in [0.15, 0.2) is 23.2 Å². The minimum Gasteiger partial charge on any atom is -0.493 e. The number of methoxy groups -OCH3 is 1. The van der Waals surface area contributed by atoms with Gasteiger partial charge in [-0.25, -0.2) is 0 Å². The van der Waals surface area contributed by atoms with E-state index in [0.29, 0.717) is 46.3 Å². The molecule has 1 amide bonds. The molecule has 1 aromatic rings. The van der Waals surface area contributed by atoms with E-state index in [1.54, 1.807) is 18.2 Å². The molecule has 0 bridgehead atoms. The monoisotopic (exact) mass is 393 g/mol. The molecule has 0 spiro atoms. The number of amides is 1. The number of hydrogen-bond donors (Lipinski definition) is 3. The van der Waals surface area contributed by atoms with Crippen molar-refractivity contribution in [3.63, 3.8) is 0 Å². The van der Waals surface area contributed by atoms with Gasteiger partial charge in [0.2, 0.25) is 0 Å². The number of carbonyl (C=O) groups excluding carboxylic acids is 2. The fourth-order valence-electron chi connectivity index (χ4n) is 3.17. The molecular formula is C19H27N3O4S. The van der Waals surface area contributed by atoms with Gasteiger partial charge in [-0.1, -0.05) is 26.7 Å². The molecule has 3 atom stereocenters. The summed E-state index contributed by atoms with van der Waals surface area (Å²) < 4.78 is 10.6. The normalized spacial score (nSPS) is 21.7. The molecule has 8 heteroatoms. The van der Waals surface area contributed by atoms with E-state index in [1.165, 1.54) is 20.0 Å². The van der Waals surface area contributed by atoms with Crippen molar-refractivity contribution in [3.8, 4) is 11.5 Å². The lowest BCUT2D eigenvalue weighted by Gasteiger charge is -2.35. The van der Waals surface area contributed by atoms with Crippen LogP contribution < -0.4 is 25.6 Å². The number of carbonyl (C=O) groups is 2. The predicted octanol–water partition coefficient (Wildman–Crippen LogP) is 2.21. The Labute approximate surface area is 165 Å². The van der Waals surface area contributed by atoms with Gasteiger partial charge in [0.05, 0.1) is 7.11 Å². The minimum absolute atomic E-state index is 0.219. The Balaban J connectivity index is 1.76. The van der Waals surface area contributed by atoms with Crippen LogP contribution in [-0.2, 0) is 4.79 Å². The Morgan fingerprint density at radius 3 is 2.74 bits per heavy atom. The summed E-state index contributed by atoms with van der Waals surface area (Å²) in [4.78, 5) is 22.8. The number of benzene rings is 1. The maximum absolute atomic E-state index is 12.0. The zero-order valence-corrected chi connectivity index (χ0v) is 16.7. The molecule has 2 rings (SSSR count). The van der Waals surface area contributed by atoms with Gasteiger partial charge in [-0.2, -0.15) is 0 Å². The van der Waals surface area contributed by atoms with Crippen LogP contribution in [0.25, 0.3) is 0 Å². The Kier molecular flexibility index (Phi) is 7.84. The third kappa shape index (κ3) is 6.09. The summed E-state index contributed by atoms with van der Waals surface area (Å²) in [5, 5.41) is 3.66. The van der Waals surface area contributed by atoms with Crippen molar-refractivity contribution in [2.45, 2.75) is 39.2 Å². The topological polar surface area (TPSA) is 88.7 Å². The minimum atomic E-state index is -0.384. The quantitative estimate of drug-likeness (QED) is 0.388. The van der Waals surface area contributed by atoms with E-state index in [9.17, 15) is 9.59 Å². The predicted molar refractivity (Wildman–Crippen MR) is 107 cm³/mol. The molecule has 1 fully saturated rings. The summed E-state index contributed by atoms with van der Waals surface area (Å²) in [7, 11) is 1.47. The maximum Gasteiger partial charge on any atom is 0.276 e. The van der Waals surface area contributed by atoms with Gasteiger partial charge in [0, 0.05) is 11.6 Å². The van der Waals surface area contributed by atoms with Crippen LogP contribution in [-0.4, -0.2) is 37.1 Å². The van der Waals surface area contributed by atoms with Crippen LogP contribution in [0.1, 0.15) is 43.5 Å². The fourth-order valence-corrected chi connectivity index (χ4v) is 3.38. The van der Waals surface area contributed by atoms with E-state index in [4.69, 9.17) is 21.7 Å². The molecule has 27 heavy (non-hydrogen) atoms. The maximum atomic E-state index is 12.0. The largest absolute Gasteiger partial charge is 0.493 e. The van der Waals surface area contributed by atoms with Crippen molar-refractivity contribution in [1.29, 1.82) is 0 Å². The third-order valence-electron chi connectivity index (χ3n) is 5.02. The average molecular weight is 394 g/mol. The van der Waals surface area contributed by atoms with Gasteiger partial charge in [-0.3, -0.25) is 20.4 Å². The summed E-state index contributed by atoms with van der Waals surface area (Å²) in [5.74, 6) is 1.56. The van der Waals surface area contributed by atoms with E-state index in [0.717, 1.165) is 6.42 Å². The summed E-state index contributed by atoms with van der Waals surface area (Å²) in [6, 6.07) is 5.03. The highest BCUT2D eigenvalue weighted by atomic mass is 32.1. The first kappa shape index (κ1) is 21.0. The Morgan fingerprint density at radius 2 is 2.04 bits per heavy atom. The lowest BCUT2D eigenvalue weighted by Crippen LogP contribution is -2.53. The Morgan fingerprint density at radius 1 is 1.26 bits per heavy atom. The van der Waals surface area contributed by atoms with Gasteiger partial charge in [0.25, 0.3) is 5.91 Å². The molecule has 0 unspecified atom stereocenters. The highest BCUT2D eigenvalue weighted by Gasteiger charge is 2.27. The van der Waals surface area contributed by atoms with Crippen molar-refractivity contribution in [2.24, 2.45) is 11.8 Å². The molecule has 148 valence electrons. The van der Waals surface area contributed by atoms with Crippen LogP contribution in [0, 0.1) is 11.8 Å². The van der Waals surface area contributed by atoms with Gasteiger partial charge in [0.1, 0.15) is 6.29 Å². The summed E-state index contributed by atoms with van der Waals surface area (Å²) in [6.45, 7) is 4.26. The molecular weight excluding hydrogens is 366 g/mol. The zero-order valence-electron chi connectivity index (χ0n) is 15.9. The van der Waals surface area contributed by atoms with Gasteiger partial charge >= 0.3 is 0 Å².